The van der Waals surface area contributed by atoms with Gasteiger partial charge in [0.05, 0.1) is 11.6 Å². The van der Waals surface area contributed by atoms with Crippen LogP contribution < -0.4 is 11.1 Å². The SMILES string of the molecule is CCC(NC(=O)C(C)(N)C1CC1)c1nccs1. The number of hydrogen-bond acceptors (Lipinski definition) is 4. The average Bonchev–Trinajstić information content (AvgIpc) is 3.03. The molecule has 1 amide bonds. The second-order valence-electron chi connectivity index (χ2n) is 4.86. The third kappa shape index (κ3) is 2.66. The summed E-state index contributed by atoms with van der Waals surface area (Å²) in [6.45, 7) is 3.87. The highest BCUT2D eigenvalue weighted by Gasteiger charge is 2.44. The van der Waals surface area contributed by atoms with Crippen LogP contribution in [0.4, 0.5) is 0 Å². The number of thiazole rings is 1. The van der Waals surface area contributed by atoms with E-state index in [-0.39, 0.29) is 11.9 Å². The fourth-order valence-electron chi connectivity index (χ4n) is 1.93. The van der Waals surface area contributed by atoms with Crippen molar-refractivity contribution >= 4 is 17.2 Å². The van der Waals surface area contributed by atoms with Gasteiger partial charge < -0.3 is 11.1 Å². The first-order valence-electron chi connectivity index (χ1n) is 6.05. The molecule has 1 aliphatic carbocycles. The largest absolute Gasteiger partial charge is 0.345 e. The molecule has 0 saturated heterocycles. The number of carbonyl (C=O) groups is 1. The minimum atomic E-state index is -0.731. The molecule has 1 aliphatic rings. The minimum absolute atomic E-state index is 0.0101. The van der Waals surface area contributed by atoms with Crippen molar-refractivity contribution in [1.82, 2.24) is 10.3 Å². The summed E-state index contributed by atoms with van der Waals surface area (Å²) >= 11 is 1.57. The van der Waals surface area contributed by atoms with Crippen LogP contribution in [0.3, 0.4) is 0 Å². The molecule has 3 N–H and O–H groups in total. The molecule has 1 heterocycles. The molecule has 0 spiro atoms. The quantitative estimate of drug-likeness (QED) is 0.841. The Kier molecular flexibility index (Phi) is 3.49. The molecule has 2 atom stereocenters. The Morgan fingerprint density at radius 1 is 1.76 bits per heavy atom. The van der Waals surface area contributed by atoms with Crippen LogP contribution in [-0.2, 0) is 4.79 Å². The lowest BCUT2D eigenvalue weighted by atomic mass is 9.95. The third-order valence-corrected chi connectivity index (χ3v) is 4.27. The van der Waals surface area contributed by atoms with Gasteiger partial charge in [-0.25, -0.2) is 4.98 Å². The molecule has 4 nitrogen and oxygen atoms in total. The fraction of sp³-hybridized carbons (Fsp3) is 0.667. The van der Waals surface area contributed by atoms with E-state index in [0.29, 0.717) is 5.92 Å². The Hall–Kier alpha value is -0.940. The third-order valence-electron chi connectivity index (χ3n) is 3.38. The van der Waals surface area contributed by atoms with E-state index in [4.69, 9.17) is 5.73 Å². The Labute approximate surface area is 106 Å². The minimum Gasteiger partial charge on any atom is -0.345 e. The lowest BCUT2D eigenvalue weighted by Crippen LogP contribution is -2.54. The Morgan fingerprint density at radius 2 is 2.47 bits per heavy atom. The highest BCUT2D eigenvalue weighted by Crippen LogP contribution is 2.38. The molecule has 94 valence electrons. The van der Waals surface area contributed by atoms with E-state index in [0.717, 1.165) is 24.3 Å². The summed E-state index contributed by atoms with van der Waals surface area (Å²) in [4.78, 5) is 16.4. The lowest BCUT2D eigenvalue weighted by Gasteiger charge is -2.26. The van der Waals surface area contributed by atoms with Gasteiger partial charge in [0.1, 0.15) is 5.01 Å². The van der Waals surface area contributed by atoms with Crippen LogP contribution in [0.25, 0.3) is 0 Å². The molecule has 0 aromatic carbocycles. The van der Waals surface area contributed by atoms with Crippen LogP contribution in [-0.4, -0.2) is 16.4 Å². The van der Waals surface area contributed by atoms with Crippen molar-refractivity contribution in [2.24, 2.45) is 11.7 Å². The highest BCUT2D eigenvalue weighted by atomic mass is 32.1. The van der Waals surface area contributed by atoms with Crippen LogP contribution in [0.5, 0.6) is 0 Å². The lowest BCUT2D eigenvalue weighted by molar-refractivity contribution is -0.127. The summed E-state index contributed by atoms with van der Waals surface area (Å²) in [5.41, 5.74) is 5.36. The standard InChI is InChI=1S/C12H19N3OS/c1-3-9(10-14-6-7-17-10)15-11(16)12(2,13)8-4-5-8/h6-9H,3-5,13H2,1-2H3,(H,15,16). The van der Waals surface area contributed by atoms with Gasteiger partial charge in [-0.2, -0.15) is 0 Å². The molecule has 5 heteroatoms. The molecule has 1 fully saturated rings. The van der Waals surface area contributed by atoms with Crippen molar-refractivity contribution in [3.05, 3.63) is 16.6 Å². The molecule has 0 aliphatic heterocycles. The van der Waals surface area contributed by atoms with E-state index in [1.807, 2.05) is 19.2 Å². The number of amides is 1. The second-order valence-corrected chi connectivity index (χ2v) is 5.79. The van der Waals surface area contributed by atoms with Crippen LogP contribution in [0.15, 0.2) is 11.6 Å². The van der Waals surface area contributed by atoms with Crippen LogP contribution in [0.1, 0.15) is 44.2 Å². The average molecular weight is 253 g/mol. The van der Waals surface area contributed by atoms with Crippen LogP contribution in [0, 0.1) is 5.92 Å². The van der Waals surface area contributed by atoms with E-state index in [9.17, 15) is 4.79 Å². The molecule has 0 bridgehead atoms. The van der Waals surface area contributed by atoms with Gasteiger partial charge in [0.15, 0.2) is 0 Å². The maximum absolute atomic E-state index is 12.2. The number of aromatic nitrogens is 1. The second kappa shape index (κ2) is 4.74. The van der Waals surface area contributed by atoms with Gasteiger partial charge in [-0.05, 0) is 32.1 Å². The summed E-state index contributed by atoms with van der Waals surface area (Å²) < 4.78 is 0. The van der Waals surface area contributed by atoms with Gasteiger partial charge >= 0.3 is 0 Å². The van der Waals surface area contributed by atoms with Crippen molar-refractivity contribution in [3.63, 3.8) is 0 Å². The summed E-state index contributed by atoms with van der Waals surface area (Å²) in [6, 6.07) is -0.0101. The monoisotopic (exact) mass is 253 g/mol. The van der Waals surface area contributed by atoms with Crippen molar-refractivity contribution in [1.29, 1.82) is 0 Å². The molecule has 0 radical (unpaired) electrons. The maximum atomic E-state index is 12.2. The topological polar surface area (TPSA) is 68.0 Å². The Balaban J connectivity index is 2.01. The Morgan fingerprint density at radius 3 is 2.94 bits per heavy atom. The zero-order valence-corrected chi connectivity index (χ0v) is 11.1. The van der Waals surface area contributed by atoms with Gasteiger partial charge in [-0.15, -0.1) is 11.3 Å². The Bertz CT molecular complexity index is 384. The zero-order chi connectivity index (χ0) is 12.5. The smallest absolute Gasteiger partial charge is 0.240 e. The number of hydrogen-bond donors (Lipinski definition) is 2. The van der Waals surface area contributed by atoms with E-state index < -0.39 is 5.54 Å². The normalized spacial score (nSPS) is 20.6. The van der Waals surface area contributed by atoms with E-state index in [2.05, 4.69) is 10.3 Å². The summed E-state index contributed by atoms with van der Waals surface area (Å²) in [5, 5.41) is 5.89. The van der Waals surface area contributed by atoms with E-state index >= 15 is 0 Å². The molecule has 1 saturated carbocycles. The molecular weight excluding hydrogens is 234 g/mol. The first kappa shape index (κ1) is 12.5. The summed E-state index contributed by atoms with van der Waals surface area (Å²) in [6.07, 6.45) is 4.72. The van der Waals surface area contributed by atoms with E-state index in [1.54, 1.807) is 17.5 Å². The summed E-state index contributed by atoms with van der Waals surface area (Å²) in [5.74, 6) is 0.290. The molecule has 1 aromatic rings. The van der Waals surface area contributed by atoms with Gasteiger partial charge in [0.25, 0.3) is 0 Å². The van der Waals surface area contributed by atoms with E-state index in [1.165, 1.54) is 0 Å². The van der Waals surface area contributed by atoms with Crippen molar-refractivity contribution in [3.8, 4) is 0 Å². The first-order chi connectivity index (χ1) is 8.05. The fourth-order valence-corrected chi connectivity index (χ4v) is 2.70. The highest BCUT2D eigenvalue weighted by molar-refractivity contribution is 7.09. The van der Waals surface area contributed by atoms with Gasteiger partial charge in [0.2, 0.25) is 5.91 Å². The van der Waals surface area contributed by atoms with Crippen LogP contribution in [0.2, 0.25) is 0 Å². The first-order valence-corrected chi connectivity index (χ1v) is 6.93. The predicted octanol–water partition coefficient (Wildman–Crippen LogP) is 1.84. The molecule has 2 rings (SSSR count). The predicted molar refractivity (Wildman–Crippen MR) is 68.6 cm³/mol. The molecule has 2 unspecified atom stereocenters. The van der Waals surface area contributed by atoms with Crippen LogP contribution >= 0.6 is 11.3 Å². The molecule has 1 aromatic heterocycles. The van der Waals surface area contributed by atoms with Gasteiger partial charge in [-0.1, -0.05) is 6.92 Å². The number of carbonyl (C=O) groups excluding carboxylic acids is 1. The number of nitrogens with zero attached hydrogens (tertiary/aromatic N) is 1. The maximum Gasteiger partial charge on any atom is 0.240 e. The number of nitrogens with one attached hydrogen (secondary N) is 1. The molecule has 17 heavy (non-hydrogen) atoms. The zero-order valence-electron chi connectivity index (χ0n) is 10.3. The van der Waals surface area contributed by atoms with Gasteiger partial charge in [-0.3, -0.25) is 4.79 Å². The van der Waals surface area contributed by atoms with Crippen molar-refractivity contribution < 1.29 is 4.79 Å². The van der Waals surface area contributed by atoms with Crippen molar-refractivity contribution in [2.45, 2.75) is 44.7 Å². The number of nitrogens with two attached hydrogens (primary N) is 1. The van der Waals surface area contributed by atoms with Crippen molar-refractivity contribution in [2.75, 3.05) is 0 Å². The van der Waals surface area contributed by atoms with Gasteiger partial charge in [0, 0.05) is 11.6 Å². The summed E-state index contributed by atoms with van der Waals surface area (Å²) in [7, 11) is 0. The number of rotatable bonds is 5. The molecular formula is C12H19N3OS.